The Morgan fingerprint density at radius 3 is 1.22 bits per heavy atom. The number of rotatable bonds is 23. The molecule has 0 bridgehead atoms. The maximum absolute atomic E-state index is 12.5. The van der Waals surface area contributed by atoms with Gasteiger partial charge in [0.2, 0.25) is 0 Å². The van der Waals surface area contributed by atoms with E-state index >= 15 is 0 Å². The molecule has 0 radical (unpaired) electrons. The largest absolute Gasteiger partial charge is 0.494 e. The van der Waals surface area contributed by atoms with Crippen LogP contribution in [0.1, 0.15) is 106 Å². The Hall–Kier alpha value is -4.05. The number of carbonyl (C=O) groups excluding carboxylic acids is 1. The number of anilines is 2. The van der Waals surface area contributed by atoms with Crippen LogP contribution in [0.15, 0.2) is 109 Å². The number of benzene rings is 4. The summed E-state index contributed by atoms with van der Waals surface area (Å²) in [7, 11) is 0. The summed E-state index contributed by atoms with van der Waals surface area (Å²) in [5, 5.41) is 3.40. The summed E-state index contributed by atoms with van der Waals surface area (Å²) >= 11 is 0. The third-order valence-corrected chi connectivity index (χ3v) is 8.15. The van der Waals surface area contributed by atoms with Crippen LogP contribution in [0.5, 0.6) is 11.5 Å². The number of hydrogen-bond acceptors (Lipinski definition) is 4. The van der Waals surface area contributed by atoms with Gasteiger partial charge < -0.3 is 14.8 Å². The van der Waals surface area contributed by atoms with Gasteiger partial charge in [-0.2, -0.15) is 0 Å². The van der Waals surface area contributed by atoms with E-state index in [9.17, 15) is 4.79 Å². The van der Waals surface area contributed by atoms with Crippen LogP contribution in [0, 0.1) is 0 Å². The molecule has 0 saturated carbocycles. The molecule has 4 aromatic carbocycles. The number of ketones is 1. The van der Waals surface area contributed by atoms with Gasteiger partial charge in [-0.05, 0) is 73.5 Å². The summed E-state index contributed by atoms with van der Waals surface area (Å²) in [6.07, 6.45) is 18.1. The molecule has 238 valence electrons. The van der Waals surface area contributed by atoms with E-state index in [4.69, 9.17) is 9.47 Å². The molecule has 0 aliphatic heterocycles. The van der Waals surface area contributed by atoms with Crippen molar-refractivity contribution < 1.29 is 14.3 Å². The van der Waals surface area contributed by atoms with Gasteiger partial charge in [-0.1, -0.05) is 126 Å². The SMILES string of the molecule is O=C(c1ccccc1)c1ccc(OCCCCCCCCCCCCCCCCOc2ccc(Nc3ccccc3)cc2)cc1. The molecule has 0 amide bonds. The minimum Gasteiger partial charge on any atom is -0.494 e. The Kier molecular flexibility index (Phi) is 15.7. The van der Waals surface area contributed by atoms with Crippen molar-refractivity contribution >= 4 is 17.2 Å². The Labute approximate surface area is 271 Å². The zero-order chi connectivity index (χ0) is 31.2. The molecule has 0 unspecified atom stereocenters. The first-order valence-electron chi connectivity index (χ1n) is 17.2. The lowest BCUT2D eigenvalue weighted by molar-refractivity contribution is 0.103. The zero-order valence-corrected chi connectivity index (χ0v) is 26.9. The number of hydrogen-bond donors (Lipinski definition) is 1. The second-order valence-corrected chi connectivity index (χ2v) is 11.9. The Balaban J connectivity index is 0.881. The van der Waals surface area contributed by atoms with Gasteiger partial charge in [0.25, 0.3) is 0 Å². The lowest BCUT2D eigenvalue weighted by atomic mass is 10.0. The molecule has 0 fully saturated rings. The van der Waals surface area contributed by atoms with Gasteiger partial charge in [-0.25, -0.2) is 0 Å². The first kappa shape index (κ1) is 33.8. The standard InChI is InChI=1S/C41H51NO3/c43-41(35-21-15-13-16-22-35)36-25-29-39(30-26-36)44-33-19-11-9-7-5-3-1-2-4-6-8-10-12-20-34-45-40-31-27-38(28-32-40)42-37-23-17-14-18-24-37/h13-18,21-32,42H,1-12,19-20,33-34H2. The second kappa shape index (κ2) is 20.8. The molecule has 0 saturated heterocycles. The van der Waals surface area contributed by atoms with Crippen LogP contribution < -0.4 is 14.8 Å². The van der Waals surface area contributed by atoms with Crippen LogP contribution in [0.3, 0.4) is 0 Å². The van der Waals surface area contributed by atoms with Crippen molar-refractivity contribution in [1.29, 1.82) is 0 Å². The van der Waals surface area contributed by atoms with Crippen molar-refractivity contribution in [2.45, 2.75) is 89.9 Å². The Bertz CT molecular complexity index is 1320. The predicted molar refractivity (Wildman–Crippen MR) is 188 cm³/mol. The molecule has 4 heteroatoms. The van der Waals surface area contributed by atoms with E-state index in [0.717, 1.165) is 48.9 Å². The number of carbonyl (C=O) groups is 1. The van der Waals surface area contributed by atoms with Crippen molar-refractivity contribution in [3.8, 4) is 11.5 Å². The van der Waals surface area contributed by atoms with Gasteiger partial charge in [-0.15, -0.1) is 0 Å². The summed E-state index contributed by atoms with van der Waals surface area (Å²) in [5.74, 6) is 1.83. The smallest absolute Gasteiger partial charge is 0.193 e. The number of para-hydroxylation sites is 1. The summed E-state index contributed by atoms with van der Waals surface area (Å²) in [4.78, 5) is 12.5. The highest BCUT2D eigenvalue weighted by Crippen LogP contribution is 2.21. The van der Waals surface area contributed by atoms with Gasteiger partial charge >= 0.3 is 0 Å². The van der Waals surface area contributed by atoms with Crippen LogP contribution in [-0.4, -0.2) is 19.0 Å². The normalized spacial score (nSPS) is 10.8. The third-order valence-electron chi connectivity index (χ3n) is 8.15. The monoisotopic (exact) mass is 605 g/mol. The van der Waals surface area contributed by atoms with E-state index in [1.54, 1.807) is 0 Å². The molecule has 0 aliphatic carbocycles. The Morgan fingerprint density at radius 2 is 0.756 bits per heavy atom. The van der Waals surface area contributed by atoms with Gasteiger partial charge in [-0.3, -0.25) is 4.79 Å². The second-order valence-electron chi connectivity index (χ2n) is 11.9. The van der Waals surface area contributed by atoms with E-state index < -0.39 is 0 Å². The highest BCUT2D eigenvalue weighted by atomic mass is 16.5. The first-order chi connectivity index (χ1) is 22.3. The number of nitrogens with one attached hydrogen (secondary N) is 1. The van der Waals surface area contributed by atoms with E-state index in [1.165, 1.54) is 77.0 Å². The van der Waals surface area contributed by atoms with E-state index in [2.05, 4.69) is 29.6 Å². The summed E-state index contributed by atoms with van der Waals surface area (Å²) in [5.41, 5.74) is 3.58. The van der Waals surface area contributed by atoms with Crippen LogP contribution in [-0.2, 0) is 0 Å². The lowest BCUT2D eigenvalue weighted by Crippen LogP contribution is -2.01. The quantitative estimate of drug-likeness (QED) is 0.0675. The minimum absolute atomic E-state index is 0.0474. The first-order valence-corrected chi connectivity index (χ1v) is 17.2. The average Bonchev–Trinajstić information content (AvgIpc) is 3.09. The highest BCUT2D eigenvalue weighted by molar-refractivity contribution is 6.08. The molecule has 0 spiro atoms. The number of unbranched alkanes of at least 4 members (excludes halogenated alkanes) is 13. The third kappa shape index (κ3) is 13.6. The fourth-order valence-electron chi connectivity index (χ4n) is 5.49. The summed E-state index contributed by atoms with van der Waals surface area (Å²) < 4.78 is 11.8. The van der Waals surface area contributed by atoms with Gasteiger partial charge in [0.15, 0.2) is 5.78 Å². The van der Waals surface area contributed by atoms with Crippen molar-refractivity contribution in [2.24, 2.45) is 0 Å². The van der Waals surface area contributed by atoms with Crippen LogP contribution in [0.2, 0.25) is 0 Å². The van der Waals surface area contributed by atoms with Crippen LogP contribution in [0.4, 0.5) is 11.4 Å². The van der Waals surface area contributed by atoms with Crippen molar-refractivity contribution in [2.75, 3.05) is 18.5 Å². The highest BCUT2D eigenvalue weighted by Gasteiger charge is 2.08. The fourth-order valence-corrected chi connectivity index (χ4v) is 5.49. The van der Waals surface area contributed by atoms with Gasteiger partial charge in [0.1, 0.15) is 11.5 Å². The van der Waals surface area contributed by atoms with E-state index in [0.29, 0.717) is 11.1 Å². The topological polar surface area (TPSA) is 47.6 Å². The fraction of sp³-hybridized carbons (Fsp3) is 0.390. The molecule has 0 heterocycles. The van der Waals surface area contributed by atoms with Gasteiger partial charge in [0.05, 0.1) is 13.2 Å². The van der Waals surface area contributed by atoms with Gasteiger partial charge in [0, 0.05) is 22.5 Å². The molecule has 1 N–H and O–H groups in total. The molecular weight excluding hydrogens is 554 g/mol. The zero-order valence-electron chi connectivity index (χ0n) is 26.9. The van der Waals surface area contributed by atoms with Crippen molar-refractivity contribution in [3.63, 3.8) is 0 Å². The number of ether oxygens (including phenoxy) is 2. The van der Waals surface area contributed by atoms with E-state index in [1.807, 2.05) is 84.9 Å². The summed E-state index contributed by atoms with van der Waals surface area (Å²) in [6.45, 7) is 1.53. The maximum atomic E-state index is 12.5. The lowest BCUT2D eigenvalue weighted by Gasteiger charge is -2.09. The molecule has 0 aliphatic rings. The Morgan fingerprint density at radius 1 is 0.400 bits per heavy atom. The molecule has 4 rings (SSSR count). The molecule has 45 heavy (non-hydrogen) atoms. The predicted octanol–water partition coefficient (Wildman–Crippen LogP) is 11.6. The van der Waals surface area contributed by atoms with Crippen LogP contribution in [0.25, 0.3) is 0 Å². The van der Waals surface area contributed by atoms with Crippen molar-refractivity contribution in [3.05, 3.63) is 120 Å². The van der Waals surface area contributed by atoms with E-state index in [-0.39, 0.29) is 5.78 Å². The molecular formula is C41H51NO3. The summed E-state index contributed by atoms with van der Waals surface area (Å²) in [6, 6.07) is 35.4. The minimum atomic E-state index is 0.0474. The molecule has 0 aromatic heterocycles. The molecule has 4 aromatic rings. The maximum Gasteiger partial charge on any atom is 0.193 e. The van der Waals surface area contributed by atoms with Crippen LogP contribution >= 0.6 is 0 Å². The average molecular weight is 606 g/mol. The molecule has 4 nitrogen and oxygen atoms in total. The molecule has 0 atom stereocenters. The van der Waals surface area contributed by atoms with Crippen molar-refractivity contribution in [1.82, 2.24) is 0 Å².